The van der Waals surface area contributed by atoms with Crippen molar-refractivity contribution >= 4 is 60.8 Å². The van der Waals surface area contributed by atoms with Crippen molar-refractivity contribution < 1.29 is 14.3 Å². The molecule has 0 aromatic heterocycles. The number of hydrogen-bond acceptors (Lipinski definition) is 4. The average Bonchev–Trinajstić information content (AvgIpc) is 2.85. The van der Waals surface area contributed by atoms with Gasteiger partial charge in [0.25, 0.3) is 11.1 Å². The number of amides is 2. The first-order chi connectivity index (χ1) is 11.5. The molecule has 2 aromatic rings. The van der Waals surface area contributed by atoms with Crippen LogP contribution in [0, 0.1) is 0 Å². The first kappa shape index (κ1) is 17.3. The smallest absolute Gasteiger partial charge is 0.290 e. The number of halogens is 2. The van der Waals surface area contributed by atoms with Crippen molar-refractivity contribution in [2.75, 3.05) is 0 Å². The van der Waals surface area contributed by atoms with Crippen LogP contribution in [0.1, 0.15) is 11.1 Å². The molecule has 1 heterocycles. The second-order valence-corrected chi connectivity index (χ2v) is 7.66. The summed E-state index contributed by atoms with van der Waals surface area (Å²) in [6, 6.07) is 13.6. The van der Waals surface area contributed by atoms with E-state index in [4.69, 9.17) is 4.74 Å². The molecule has 122 valence electrons. The zero-order chi connectivity index (χ0) is 17.1. The molecular formula is C17H11Br2NO3S. The molecule has 1 N–H and O–H groups in total. The van der Waals surface area contributed by atoms with Crippen molar-refractivity contribution in [1.82, 2.24) is 5.32 Å². The Kier molecular flexibility index (Phi) is 5.43. The van der Waals surface area contributed by atoms with Crippen LogP contribution >= 0.6 is 43.6 Å². The third-order valence-electron chi connectivity index (χ3n) is 3.19. The summed E-state index contributed by atoms with van der Waals surface area (Å²) in [7, 11) is 0. The lowest BCUT2D eigenvalue weighted by Gasteiger charge is -2.11. The number of hydrogen-bond donors (Lipinski definition) is 1. The molecule has 1 saturated heterocycles. The molecule has 0 radical (unpaired) electrons. The number of carbonyl (C=O) groups is 2. The van der Waals surface area contributed by atoms with Crippen LogP contribution in [-0.2, 0) is 11.4 Å². The van der Waals surface area contributed by atoms with E-state index in [1.807, 2.05) is 42.5 Å². The molecule has 0 saturated carbocycles. The van der Waals surface area contributed by atoms with Gasteiger partial charge in [-0.1, -0.05) is 30.3 Å². The van der Waals surface area contributed by atoms with E-state index in [9.17, 15) is 9.59 Å². The van der Waals surface area contributed by atoms with Gasteiger partial charge in [-0.2, -0.15) is 0 Å². The van der Waals surface area contributed by atoms with Gasteiger partial charge in [0.15, 0.2) is 0 Å². The summed E-state index contributed by atoms with van der Waals surface area (Å²) in [5.41, 5.74) is 1.85. The largest absolute Gasteiger partial charge is 0.487 e. The lowest BCUT2D eigenvalue weighted by atomic mass is 10.2. The Morgan fingerprint density at radius 1 is 1.08 bits per heavy atom. The number of thioether (sulfide) groups is 1. The number of imide groups is 1. The molecule has 24 heavy (non-hydrogen) atoms. The molecule has 2 aromatic carbocycles. The lowest BCUT2D eigenvalue weighted by Crippen LogP contribution is -2.17. The predicted molar refractivity (Wildman–Crippen MR) is 102 cm³/mol. The van der Waals surface area contributed by atoms with Gasteiger partial charge in [0.05, 0.1) is 13.9 Å². The van der Waals surface area contributed by atoms with E-state index in [0.29, 0.717) is 17.3 Å². The van der Waals surface area contributed by atoms with Gasteiger partial charge < -0.3 is 4.74 Å². The molecule has 1 aliphatic rings. The van der Waals surface area contributed by atoms with Crippen LogP contribution in [0.15, 0.2) is 56.3 Å². The highest BCUT2D eigenvalue weighted by Gasteiger charge is 2.25. The predicted octanol–water partition coefficient (Wildman–Crippen LogP) is 5.11. The van der Waals surface area contributed by atoms with Gasteiger partial charge >= 0.3 is 0 Å². The molecule has 2 amide bonds. The van der Waals surface area contributed by atoms with Gasteiger partial charge in [-0.05, 0) is 73.0 Å². The van der Waals surface area contributed by atoms with E-state index in [0.717, 1.165) is 31.8 Å². The first-order valence-electron chi connectivity index (χ1n) is 6.93. The summed E-state index contributed by atoms with van der Waals surface area (Å²) < 4.78 is 7.38. The van der Waals surface area contributed by atoms with Crippen LogP contribution in [-0.4, -0.2) is 11.1 Å². The maximum Gasteiger partial charge on any atom is 0.290 e. The normalized spacial score (nSPS) is 15.7. The molecule has 0 atom stereocenters. The molecule has 4 nitrogen and oxygen atoms in total. The van der Waals surface area contributed by atoms with Crippen molar-refractivity contribution in [3.8, 4) is 5.75 Å². The minimum atomic E-state index is -0.373. The van der Waals surface area contributed by atoms with Crippen LogP contribution in [0.4, 0.5) is 4.79 Å². The Labute approximate surface area is 159 Å². The van der Waals surface area contributed by atoms with Gasteiger partial charge in [-0.3, -0.25) is 14.9 Å². The van der Waals surface area contributed by atoms with Crippen molar-refractivity contribution in [2.45, 2.75) is 6.61 Å². The molecule has 1 fully saturated rings. The van der Waals surface area contributed by atoms with E-state index in [-0.39, 0.29) is 11.1 Å². The van der Waals surface area contributed by atoms with Crippen molar-refractivity contribution in [3.63, 3.8) is 0 Å². The van der Waals surface area contributed by atoms with Gasteiger partial charge in [-0.15, -0.1) is 0 Å². The molecule has 0 spiro atoms. The highest BCUT2D eigenvalue weighted by Crippen LogP contribution is 2.37. The maximum absolute atomic E-state index is 11.6. The summed E-state index contributed by atoms with van der Waals surface area (Å²) in [6.07, 6.45) is 1.67. The minimum absolute atomic E-state index is 0.354. The minimum Gasteiger partial charge on any atom is -0.487 e. The number of carbonyl (C=O) groups excluding carboxylic acids is 2. The van der Waals surface area contributed by atoms with Crippen molar-refractivity contribution in [1.29, 1.82) is 0 Å². The van der Waals surface area contributed by atoms with E-state index in [2.05, 4.69) is 37.2 Å². The second kappa shape index (κ2) is 7.55. The molecule has 0 unspecified atom stereocenters. The van der Waals surface area contributed by atoms with E-state index < -0.39 is 0 Å². The number of ether oxygens (including phenoxy) is 1. The van der Waals surface area contributed by atoms with E-state index >= 15 is 0 Å². The Bertz CT molecular complexity index is 814. The molecule has 0 bridgehead atoms. The monoisotopic (exact) mass is 467 g/mol. The fourth-order valence-corrected chi connectivity index (χ4v) is 4.24. The van der Waals surface area contributed by atoms with Gasteiger partial charge in [0, 0.05) is 0 Å². The second-order valence-electron chi connectivity index (χ2n) is 4.94. The van der Waals surface area contributed by atoms with Crippen LogP contribution in [0.2, 0.25) is 0 Å². The van der Waals surface area contributed by atoms with Crippen LogP contribution < -0.4 is 10.1 Å². The third kappa shape index (κ3) is 4.09. The average molecular weight is 469 g/mol. The number of rotatable bonds is 4. The van der Waals surface area contributed by atoms with Crippen LogP contribution in [0.5, 0.6) is 5.75 Å². The van der Waals surface area contributed by atoms with Gasteiger partial charge in [0.1, 0.15) is 12.4 Å². The molecule has 7 heteroatoms. The van der Waals surface area contributed by atoms with E-state index in [1.165, 1.54) is 0 Å². The van der Waals surface area contributed by atoms with Crippen molar-refractivity contribution in [2.24, 2.45) is 0 Å². The topological polar surface area (TPSA) is 55.4 Å². The number of benzene rings is 2. The Hall–Kier alpha value is -1.57. The van der Waals surface area contributed by atoms with Gasteiger partial charge in [-0.25, -0.2) is 0 Å². The van der Waals surface area contributed by atoms with Crippen LogP contribution in [0.3, 0.4) is 0 Å². The molecule has 1 aliphatic heterocycles. The van der Waals surface area contributed by atoms with Gasteiger partial charge in [0.2, 0.25) is 0 Å². The maximum atomic E-state index is 11.6. The zero-order valence-electron chi connectivity index (χ0n) is 12.2. The summed E-state index contributed by atoms with van der Waals surface area (Å²) in [5.74, 6) is 0.308. The van der Waals surface area contributed by atoms with E-state index in [1.54, 1.807) is 6.08 Å². The highest BCUT2D eigenvalue weighted by molar-refractivity contribution is 9.11. The highest BCUT2D eigenvalue weighted by atomic mass is 79.9. The lowest BCUT2D eigenvalue weighted by molar-refractivity contribution is -0.115. The summed E-state index contributed by atoms with van der Waals surface area (Å²) in [5, 5.41) is 1.88. The standard InChI is InChI=1S/C17H11Br2NO3S/c18-12-6-11(8-14-16(21)20-17(22)24-14)7-13(19)15(12)23-9-10-4-2-1-3-5-10/h1-8H,9H2,(H,20,21,22). The fraction of sp³-hybridized carbons (Fsp3) is 0.0588. The van der Waals surface area contributed by atoms with Crippen molar-refractivity contribution in [3.05, 3.63) is 67.4 Å². The molecule has 0 aliphatic carbocycles. The summed E-state index contributed by atoms with van der Waals surface area (Å²) in [6.45, 7) is 0.450. The Morgan fingerprint density at radius 2 is 1.75 bits per heavy atom. The zero-order valence-corrected chi connectivity index (χ0v) is 16.2. The summed E-state index contributed by atoms with van der Waals surface area (Å²) in [4.78, 5) is 23.2. The SMILES string of the molecule is O=C1NC(=O)C(=Cc2cc(Br)c(OCc3ccccc3)c(Br)c2)S1. The molecular weight excluding hydrogens is 458 g/mol. The molecule has 3 rings (SSSR count). The number of nitrogens with one attached hydrogen (secondary N) is 1. The third-order valence-corrected chi connectivity index (χ3v) is 5.18. The Morgan fingerprint density at radius 3 is 2.33 bits per heavy atom. The first-order valence-corrected chi connectivity index (χ1v) is 9.34. The fourth-order valence-electron chi connectivity index (χ4n) is 2.10. The van der Waals surface area contributed by atoms with Crippen LogP contribution in [0.25, 0.3) is 6.08 Å². The Balaban J connectivity index is 1.80. The summed E-state index contributed by atoms with van der Waals surface area (Å²) >= 11 is 7.87. The quantitative estimate of drug-likeness (QED) is 0.633.